The standard InChI is InChI=1S/C28H38N4O3S/c1-19(2)25(31-26(33)20(3)29-4)28(35)32-18-36-17-24(32)27(34)30-23(15-21-11-7-5-8-12-21)16-22-13-9-6-10-14-22/h5-14,19-20,23-25,29H,15-18H2,1-4H3,(H,30,34)(H,31,33). The highest BCUT2D eigenvalue weighted by atomic mass is 32.2. The molecule has 3 rings (SSSR count). The molecule has 2 aromatic carbocycles. The third-order valence-corrected chi connectivity index (χ3v) is 7.53. The van der Waals surface area contributed by atoms with E-state index in [1.54, 1.807) is 30.6 Å². The van der Waals surface area contributed by atoms with Crippen molar-refractivity contribution in [3.05, 3.63) is 71.8 Å². The molecule has 0 spiro atoms. The Morgan fingerprint density at radius 2 is 1.47 bits per heavy atom. The van der Waals surface area contributed by atoms with Crippen molar-refractivity contribution in [1.29, 1.82) is 0 Å². The van der Waals surface area contributed by atoms with Gasteiger partial charge in [0.05, 0.1) is 11.9 Å². The van der Waals surface area contributed by atoms with Crippen LogP contribution in [0.25, 0.3) is 0 Å². The van der Waals surface area contributed by atoms with Crippen molar-refractivity contribution in [3.63, 3.8) is 0 Å². The smallest absolute Gasteiger partial charge is 0.246 e. The Balaban J connectivity index is 1.73. The summed E-state index contributed by atoms with van der Waals surface area (Å²) in [5.74, 6) is 0.260. The molecule has 7 nitrogen and oxygen atoms in total. The molecule has 1 fully saturated rings. The van der Waals surface area contributed by atoms with Crippen LogP contribution in [0.5, 0.6) is 0 Å². The first-order valence-electron chi connectivity index (χ1n) is 12.5. The van der Waals surface area contributed by atoms with E-state index in [4.69, 9.17) is 0 Å². The first-order chi connectivity index (χ1) is 17.3. The molecular formula is C28H38N4O3S. The average Bonchev–Trinajstić information content (AvgIpc) is 3.37. The lowest BCUT2D eigenvalue weighted by Gasteiger charge is -2.31. The Morgan fingerprint density at radius 3 is 1.97 bits per heavy atom. The maximum absolute atomic E-state index is 13.5. The van der Waals surface area contributed by atoms with E-state index in [9.17, 15) is 14.4 Å². The molecule has 194 valence electrons. The summed E-state index contributed by atoms with van der Waals surface area (Å²) < 4.78 is 0. The normalized spacial score (nSPS) is 17.2. The first kappa shape index (κ1) is 27.7. The molecule has 0 saturated carbocycles. The molecule has 0 bridgehead atoms. The highest BCUT2D eigenvalue weighted by molar-refractivity contribution is 7.99. The SMILES string of the molecule is CNC(C)C(=O)NC(C(=O)N1CSCC1C(=O)NC(Cc1ccccc1)Cc1ccccc1)C(C)C. The summed E-state index contributed by atoms with van der Waals surface area (Å²) in [5, 5.41) is 9.01. The number of rotatable bonds is 11. The number of amides is 3. The predicted octanol–water partition coefficient (Wildman–Crippen LogP) is 2.61. The van der Waals surface area contributed by atoms with Gasteiger partial charge in [0.2, 0.25) is 17.7 Å². The molecule has 1 saturated heterocycles. The lowest BCUT2D eigenvalue weighted by Crippen LogP contribution is -2.58. The fraction of sp³-hybridized carbons (Fsp3) is 0.464. The molecule has 3 unspecified atom stereocenters. The Hall–Kier alpha value is -2.84. The minimum atomic E-state index is -0.688. The average molecular weight is 511 g/mol. The van der Waals surface area contributed by atoms with E-state index >= 15 is 0 Å². The van der Waals surface area contributed by atoms with Crippen molar-refractivity contribution in [2.24, 2.45) is 5.92 Å². The van der Waals surface area contributed by atoms with E-state index in [-0.39, 0.29) is 29.7 Å². The summed E-state index contributed by atoms with van der Waals surface area (Å²) in [6.45, 7) is 5.56. The Labute approximate surface area is 218 Å². The van der Waals surface area contributed by atoms with Crippen molar-refractivity contribution >= 4 is 29.5 Å². The summed E-state index contributed by atoms with van der Waals surface area (Å²) in [6.07, 6.45) is 1.39. The summed E-state index contributed by atoms with van der Waals surface area (Å²) in [5.41, 5.74) is 2.29. The van der Waals surface area contributed by atoms with Gasteiger partial charge in [-0.2, -0.15) is 0 Å². The van der Waals surface area contributed by atoms with Gasteiger partial charge in [0.15, 0.2) is 0 Å². The van der Waals surface area contributed by atoms with Crippen LogP contribution in [0.2, 0.25) is 0 Å². The van der Waals surface area contributed by atoms with E-state index in [2.05, 4.69) is 40.2 Å². The van der Waals surface area contributed by atoms with Crippen LogP contribution in [0.1, 0.15) is 31.9 Å². The van der Waals surface area contributed by atoms with Gasteiger partial charge in [0.25, 0.3) is 0 Å². The van der Waals surface area contributed by atoms with Crippen LogP contribution in [-0.2, 0) is 27.2 Å². The lowest BCUT2D eigenvalue weighted by atomic mass is 9.98. The second-order valence-electron chi connectivity index (χ2n) is 9.65. The number of thioether (sulfide) groups is 1. The number of hydrogen-bond acceptors (Lipinski definition) is 5. The molecule has 3 N–H and O–H groups in total. The zero-order valence-electron chi connectivity index (χ0n) is 21.6. The lowest BCUT2D eigenvalue weighted by molar-refractivity contribution is -0.142. The van der Waals surface area contributed by atoms with Gasteiger partial charge in [-0.1, -0.05) is 74.5 Å². The van der Waals surface area contributed by atoms with Crippen LogP contribution in [0.4, 0.5) is 0 Å². The second kappa shape index (κ2) is 13.5. The molecule has 2 aromatic rings. The van der Waals surface area contributed by atoms with Crippen LogP contribution >= 0.6 is 11.8 Å². The van der Waals surface area contributed by atoms with Crippen LogP contribution in [-0.4, -0.2) is 65.5 Å². The van der Waals surface area contributed by atoms with Gasteiger partial charge in [0, 0.05) is 11.8 Å². The molecular weight excluding hydrogens is 472 g/mol. The molecule has 3 atom stereocenters. The number of carbonyl (C=O) groups is 3. The number of benzene rings is 2. The highest BCUT2D eigenvalue weighted by Gasteiger charge is 2.39. The van der Waals surface area contributed by atoms with Crippen LogP contribution < -0.4 is 16.0 Å². The minimum Gasteiger partial charge on any atom is -0.351 e. The zero-order chi connectivity index (χ0) is 26.1. The van der Waals surface area contributed by atoms with Gasteiger partial charge in [0.1, 0.15) is 12.1 Å². The number of nitrogens with zero attached hydrogens (tertiary/aromatic N) is 1. The van der Waals surface area contributed by atoms with Gasteiger partial charge in [-0.05, 0) is 43.9 Å². The van der Waals surface area contributed by atoms with E-state index in [0.29, 0.717) is 24.5 Å². The van der Waals surface area contributed by atoms with Crippen molar-refractivity contribution in [2.45, 2.75) is 57.8 Å². The van der Waals surface area contributed by atoms with E-state index in [1.807, 2.05) is 50.2 Å². The highest BCUT2D eigenvalue weighted by Crippen LogP contribution is 2.24. The minimum absolute atomic E-state index is 0.108. The summed E-state index contributed by atoms with van der Waals surface area (Å²) >= 11 is 1.56. The fourth-order valence-electron chi connectivity index (χ4n) is 4.25. The molecule has 0 radical (unpaired) electrons. The molecule has 1 aliphatic heterocycles. The quantitative estimate of drug-likeness (QED) is 0.432. The Bertz CT molecular complexity index is 961. The van der Waals surface area contributed by atoms with Crippen LogP contribution in [0, 0.1) is 5.92 Å². The first-order valence-corrected chi connectivity index (χ1v) is 13.7. The van der Waals surface area contributed by atoms with Crippen molar-refractivity contribution in [2.75, 3.05) is 18.7 Å². The second-order valence-corrected chi connectivity index (χ2v) is 10.6. The zero-order valence-corrected chi connectivity index (χ0v) is 22.4. The third kappa shape index (κ3) is 7.58. The van der Waals surface area contributed by atoms with Gasteiger partial charge < -0.3 is 20.9 Å². The Kier molecular flexibility index (Phi) is 10.4. The number of carbonyl (C=O) groups excluding carboxylic acids is 3. The Morgan fingerprint density at radius 1 is 0.917 bits per heavy atom. The van der Waals surface area contributed by atoms with Gasteiger partial charge in [-0.15, -0.1) is 11.8 Å². The van der Waals surface area contributed by atoms with E-state index in [0.717, 1.165) is 11.1 Å². The number of hydrogen-bond donors (Lipinski definition) is 3. The largest absolute Gasteiger partial charge is 0.351 e. The molecule has 1 heterocycles. The molecule has 0 aliphatic carbocycles. The molecule has 1 aliphatic rings. The maximum Gasteiger partial charge on any atom is 0.246 e. The monoisotopic (exact) mass is 510 g/mol. The van der Waals surface area contributed by atoms with Crippen LogP contribution in [0.15, 0.2) is 60.7 Å². The van der Waals surface area contributed by atoms with Crippen molar-refractivity contribution in [3.8, 4) is 0 Å². The summed E-state index contributed by atoms with van der Waals surface area (Å²) in [6, 6.07) is 18.4. The molecule has 8 heteroatoms. The number of likely N-dealkylation sites (N-methyl/N-ethyl adjacent to an activating group) is 1. The predicted molar refractivity (Wildman–Crippen MR) is 145 cm³/mol. The fourth-order valence-corrected chi connectivity index (χ4v) is 5.41. The van der Waals surface area contributed by atoms with Gasteiger partial charge in [-0.3, -0.25) is 14.4 Å². The van der Waals surface area contributed by atoms with Gasteiger partial charge in [-0.25, -0.2) is 0 Å². The van der Waals surface area contributed by atoms with Crippen LogP contribution in [0.3, 0.4) is 0 Å². The topological polar surface area (TPSA) is 90.5 Å². The number of nitrogens with one attached hydrogen (secondary N) is 3. The third-order valence-electron chi connectivity index (χ3n) is 6.52. The maximum atomic E-state index is 13.5. The van der Waals surface area contributed by atoms with Crippen molar-refractivity contribution < 1.29 is 14.4 Å². The molecule has 3 amide bonds. The summed E-state index contributed by atoms with van der Waals surface area (Å²) in [4.78, 5) is 41.1. The van der Waals surface area contributed by atoms with E-state index < -0.39 is 18.1 Å². The van der Waals surface area contributed by atoms with Gasteiger partial charge >= 0.3 is 0 Å². The van der Waals surface area contributed by atoms with Crippen molar-refractivity contribution in [1.82, 2.24) is 20.9 Å². The molecule has 36 heavy (non-hydrogen) atoms. The molecule has 0 aromatic heterocycles. The summed E-state index contributed by atoms with van der Waals surface area (Å²) in [7, 11) is 1.70. The van der Waals surface area contributed by atoms with E-state index in [1.165, 1.54) is 0 Å².